The van der Waals surface area contributed by atoms with E-state index in [-0.39, 0.29) is 0 Å². The van der Waals surface area contributed by atoms with Crippen LogP contribution in [0.1, 0.15) is 22.5 Å². The number of hydrogen-bond donors (Lipinski definition) is 0. The number of hydrogen-bond acceptors (Lipinski definition) is 3. The second-order valence-electron chi connectivity index (χ2n) is 5.40. The van der Waals surface area contributed by atoms with Crippen molar-refractivity contribution in [1.82, 2.24) is 19.7 Å². The van der Waals surface area contributed by atoms with Crippen molar-refractivity contribution in [3.8, 4) is 0 Å². The molecule has 1 aromatic carbocycles. The third kappa shape index (κ3) is 2.68. The van der Waals surface area contributed by atoms with Crippen LogP contribution in [0, 0.1) is 13.8 Å². The van der Waals surface area contributed by atoms with Gasteiger partial charge in [0.15, 0.2) is 0 Å². The van der Waals surface area contributed by atoms with Gasteiger partial charge in [0.25, 0.3) is 0 Å². The SMILES string of the molecule is Cc1ccc(CN2CCc3nncn3CC2)c(C)c1. The molecule has 100 valence electrons. The molecular weight excluding hydrogens is 236 g/mol. The first-order valence-electron chi connectivity index (χ1n) is 6.87. The van der Waals surface area contributed by atoms with Crippen molar-refractivity contribution >= 4 is 0 Å². The quantitative estimate of drug-likeness (QED) is 0.823. The maximum absolute atomic E-state index is 4.17. The fourth-order valence-corrected chi connectivity index (χ4v) is 2.70. The molecular formula is C15H20N4. The Morgan fingerprint density at radius 1 is 1.16 bits per heavy atom. The standard InChI is InChI=1S/C15H20N4/c1-12-3-4-14(13(2)9-12)10-18-6-5-15-17-16-11-19(15)8-7-18/h3-4,9,11H,5-8,10H2,1-2H3. The number of fused-ring (bicyclic) bond motifs is 1. The summed E-state index contributed by atoms with van der Waals surface area (Å²) in [5, 5.41) is 8.15. The number of rotatable bonds is 2. The number of aromatic nitrogens is 3. The van der Waals surface area contributed by atoms with Gasteiger partial charge in [-0.1, -0.05) is 23.8 Å². The topological polar surface area (TPSA) is 34.0 Å². The fraction of sp³-hybridized carbons (Fsp3) is 0.467. The molecule has 0 N–H and O–H groups in total. The Labute approximate surface area is 114 Å². The van der Waals surface area contributed by atoms with E-state index in [9.17, 15) is 0 Å². The molecule has 0 aliphatic carbocycles. The highest BCUT2D eigenvalue weighted by atomic mass is 15.3. The summed E-state index contributed by atoms with van der Waals surface area (Å²) in [6.07, 6.45) is 2.83. The molecule has 0 amide bonds. The zero-order valence-corrected chi connectivity index (χ0v) is 11.6. The summed E-state index contributed by atoms with van der Waals surface area (Å²) >= 11 is 0. The lowest BCUT2D eigenvalue weighted by atomic mass is 10.1. The average Bonchev–Trinajstić information content (AvgIpc) is 2.75. The van der Waals surface area contributed by atoms with E-state index < -0.39 is 0 Å². The Bertz CT molecular complexity index is 551. The summed E-state index contributed by atoms with van der Waals surface area (Å²) in [5.74, 6) is 1.11. The smallest absolute Gasteiger partial charge is 0.134 e. The van der Waals surface area contributed by atoms with Crippen molar-refractivity contribution in [2.75, 3.05) is 13.1 Å². The van der Waals surface area contributed by atoms with Gasteiger partial charge in [0.1, 0.15) is 12.2 Å². The third-order valence-electron chi connectivity index (χ3n) is 3.90. The van der Waals surface area contributed by atoms with E-state index in [2.05, 4.69) is 51.7 Å². The van der Waals surface area contributed by atoms with Gasteiger partial charge in [-0.25, -0.2) is 0 Å². The predicted octanol–water partition coefficient (Wildman–Crippen LogP) is 1.95. The highest BCUT2D eigenvalue weighted by molar-refractivity contribution is 5.30. The van der Waals surface area contributed by atoms with Crippen molar-refractivity contribution in [2.45, 2.75) is 33.4 Å². The molecule has 0 unspecified atom stereocenters. The Balaban J connectivity index is 1.69. The maximum atomic E-state index is 4.17. The van der Waals surface area contributed by atoms with Crippen LogP contribution in [0.25, 0.3) is 0 Å². The van der Waals surface area contributed by atoms with E-state index in [1.165, 1.54) is 16.7 Å². The Hall–Kier alpha value is -1.68. The number of aryl methyl sites for hydroxylation is 2. The van der Waals surface area contributed by atoms with Crippen molar-refractivity contribution in [1.29, 1.82) is 0 Å². The van der Waals surface area contributed by atoms with E-state index in [0.29, 0.717) is 0 Å². The minimum absolute atomic E-state index is 0.991. The first-order chi connectivity index (χ1) is 9.22. The Kier molecular flexibility index (Phi) is 3.34. The van der Waals surface area contributed by atoms with Crippen molar-refractivity contribution in [2.24, 2.45) is 0 Å². The summed E-state index contributed by atoms with van der Waals surface area (Å²) in [6.45, 7) is 8.51. The molecule has 1 aliphatic heterocycles. The summed E-state index contributed by atoms with van der Waals surface area (Å²) in [4.78, 5) is 2.51. The zero-order valence-electron chi connectivity index (χ0n) is 11.6. The molecule has 0 spiro atoms. The normalized spacial score (nSPS) is 16.1. The molecule has 2 aromatic rings. The molecule has 0 saturated carbocycles. The molecule has 4 nitrogen and oxygen atoms in total. The van der Waals surface area contributed by atoms with Gasteiger partial charge in [-0.2, -0.15) is 0 Å². The third-order valence-corrected chi connectivity index (χ3v) is 3.90. The minimum atomic E-state index is 0.991. The lowest BCUT2D eigenvalue weighted by molar-refractivity contribution is 0.270. The van der Waals surface area contributed by atoms with Gasteiger partial charge in [-0.15, -0.1) is 10.2 Å². The van der Waals surface area contributed by atoms with Crippen LogP contribution >= 0.6 is 0 Å². The highest BCUT2D eigenvalue weighted by Gasteiger charge is 2.15. The van der Waals surface area contributed by atoms with Gasteiger partial charge in [0, 0.05) is 32.6 Å². The van der Waals surface area contributed by atoms with E-state index >= 15 is 0 Å². The molecule has 0 fully saturated rings. The monoisotopic (exact) mass is 256 g/mol. The van der Waals surface area contributed by atoms with Gasteiger partial charge in [-0.3, -0.25) is 4.90 Å². The molecule has 0 atom stereocenters. The van der Waals surface area contributed by atoms with Crippen LogP contribution in [0.5, 0.6) is 0 Å². The van der Waals surface area contributed by atoms with E-state index in [1.807, 2.05) is 6.33 Å². The maximum Gasteiger partial charge on any atom is 0.134 e. The molecule has 4 heteroatoms. The molecule has 0 saturated heterocycles. The second-order valence-corrected chi connectivity index (χ2v) is 5.40. The van der Waals surface area contributed by atoms with Crippen molar-refractivity contribution < 1.29 is 0 Å². The molecule has 1 aliphatic rings. The van der Waals surface area contributed by atoms with E-state index in [4.69, 9.17) is 0 Å². The summed E-state index contributed by atoms with van der Waals surface area (Å²) in [6, 6.07) is 6.73. The van der Waals surface area contributed by atoms with Crippen molar-refractivity contribution in [3.05, 3.63) is 47.0 Å². The fourth-order valence-electron chi connectivity index (χ4n) is 2.70. The van der Waals surface area contributed by atoms with Gasteiger partial charge >= 0.3 is 0 Å². The van der Waals surface area contributed by atoms with Crippen LogP contribution < -0.4 is 0 Å². The average molecular weight is 256 g/mol. The predicted molar refractivity (Wildman–Crippen MR) is 74.9 cm³/mol. The minimum Gasteiger partial charge on any atom is -0.316 e. The summed E-state index contributed by atoms with van der Waals surface area (Å²) in [5.41, 5.74) is 4.16. The Morgan fingerprint density at radius 3 is 2.89 bits per heavy atom. The Morgan fingerprint density at radius 2 is 2.05 bits per heavy atom. The molecule has 0 radical (unpaired) electrons. The second kappa shape index (κ2) is 5.13. The van der Waals surface area contributed by atoms with Crippen LogP contribution in [0.15, 0.2) is 24.5 Å². The molecule has 19 heavy (non-hydrogen) atoms. The van der Waals surface area contributed by atoms with Gasteiger partial charge in [-0.05, 0) is 25.0 Å². The van der Waals surface area contributed by atoms with E-state index in [0.717, 1.165) is 38.4 Å². The molecule has 3 rings (SSSR count). The molecule has 2 heterocycles. The van der Waals surface area contributed by atoms with Crippen LogP contribution in [0.4, 0.5) is 0 Å². The first kappa shape index (κ1) is 12.4. The summed E-state index contributed by atoms with van der Waals surface area (Å²) in [7, 11) is 0. The highest BCUT2D eigenvalue weighted by Crippen LogP contribution is 2.15. The zero-order chi connectivity index (χ0) is 13.2. The summed E-state index contributed by atoms with van der Waals surface area (Å²) < 4.78 is 2.17. The largest absolute Gasteiger partial charge is 0.316 e. The van der Waals surface area contributed by atoms with Gasteiger partial charge in [0.05, 0.1) is 0 Å². The van der Waals surface area contributed by atoms with Crippen LogP contribution in [-0.2, 0) is 19.5 Å². The van der Waals surface area contributed by atoms with Crippen LogP contribution in [0.2, 0.25) is 0 Å². The van der Waals surface area contributed by atoms with Gasteiger partial charge in [0.2, 0.25) is 0 Å². The lowest BCUT2D eigenvalue weighted by Crippen LogP contribution is -2.26. The van der Waals surface area contributed by atoms with Crippen molar-refractivity contribution in [3.63, 3.8) is 0 Å². The number of nitrogens with zero attached hydrogens (tertiary/aromatic N) is 4. The molecule has 1 aromatic heterocycles. The lowest BCUT2D eigenvalue weighted by Gasteiger charge is -2.20. The molecule has 0 bridgehead atoms. The van der Waals surface area contributed by atoms with Crippen LogP contribution in [-0.4, -0.2) is 32.8 Å². The van der Waals surface area contributed by atoms with Gasteiger partial charge < -0.3 is 4.57 Å². The number of benzene rings is 1. The van der Waals surface area contributed by atoms with Crippen LogP contribution in [0.3, 0.4) is 0 Å². The first-order valence-corrected chi connectivity index (χ1v) is 6.87. The van der Waals surface area contributed by atoms with E-state index in [1.54, 1.807) is 0 Å².